The van der Waals surface area contributed by atoms with Crippen LogP contribution in [0.3, 0.4) is 0 Å². The van der Waals surface area contributed by atoms with Gasteiger partial charge in [-0.05, 0) is 37.5 Å². The van der Waals surface area contributed by atoms with Gasteiger partial charge in [0.25, 0.3) is 0 Å². The third kappa shape index (κ3) is 5.74. The van der Waals surface area contributed by atoms with Crippen molar-refractivity contribution < 1.29 is 19.5 Å². The molecule has 0 saturated carbocycles. The minimum atomic E-state index is -1.09. The van der Waals surface area contributed by atoms with E-state index in [2.05, 4.69) is 10.6 Å². The van der Waals surface area contributed by atoms with E-state index >= 15 is 0 Å². The Morgan fingerprint density at radius 3 is 2.24 bits per heavy atom. The van der Waals surface area contributed by atoms with Gasteiger partial charge >= 0.3 is 5.97 Å². The minimum Gasteiger partial charge on any atom is -0.481 e. The zero-order valence-corrected chi connectivity index (χ0v) is 15.6. The smallest absolute Gasteiger partial charge is 0.310 e. The molecule has 7 heteroatoms. The number of carbonyl (C=O) groups excluding carboxylic acids is 2. The van der Waals surface area contributed by atoms with Gasteiger partial charge in [-0.3, -0.25) is 14.4 Å². The average molecular weight is 369 g/mol. The Balaban J connectivity index is 2.89. The number of anilines is 2. The number of benzene rings is 1. The highest BCUT2D eigenvalue weighted by Gasteiger charge is 2.37. The predicted octanol–water partition coefficient (Wildman–Crippen LogP) is 4.30. The van der Waals surface area contributed by atoms with E-state index < -0.39 is 17.3 Å². The molecule has 6 nitrogen and oxygen atoms in total. The van der Waals surface area contributed by atoms with Gasteiger partial charge in [0.1, 0.15) is 0 Å². The first kappa shape index (κ1) is 21.0. The van der Waals surface area contributed by atoms with Crippen LogP contribution in [-0.4, -0.2) is 22.9 Å². The summed E-state index contributed by atoms with van der Waals surface area (Å²) >= 11 is 6.10. The lowest BCUT2D eigenvalue weighted by Crippen LogP contribution is -2.34. The van der Waals surface area contributed by atoms with Crippen LogP contribution in [0.4, 0.5) is 11.4 Å². The lowest BCUT2D eigenvalue weighted by atomic mass is 9.79. The van der Waals surface area contributed by atoms with E-state index in [1.54, 1.807) is 32.0 Å². The van der Waals surface area contributed by atoms with Gasteiger partial charge in [-0.15, -0.1) is 0 Å². The van der Waals surface area contributed by atoms with Gasteiger partial charge in [-0.2, -0.15) is 0 Å². The van der Waals surface area contributed by atoms with Crippen molar-refractivity contribution >= 4 is 40.8 Å². The molecular weight excluding hydrogens is 344 g/mol. The van der Waals surface area contributed by atoms with Crippen molar-refractivity contribution in [2.75, 3.05) is 10.6 Å². The summed E-state index contributed by atoms with van der Waals surface area (Å²) in [6.07, 6.45) is 1.70. The molecule has 0 atom stereocenters. The van der Waals surface area contributed by atoms with Crippen molar-refractivity contribution in [3.8, 4) is 0 Å². The number of hydrogen-bond acceptors (Lipinski definition) is 3. The van der Waals surface area contributed by atoms with Crippen molar-refractivity contribution in [3.05, 3.63) is 23.2 Å². The number of rotatable bonds is 9. The Hall–Kier alpha value is -2.08. The maximum absolute atomic E-state index is 12.3. The van der Waals surface area contributed by atoms with Gasteiger partial charge in [0.05, 0.1) is 16.1 Å². The van der Waals surface area contributed by atoms with Crippen molar-refractivity contribution in [1.29, 1.82) is 0 Å². The first-order chi connectivity index (χ1) is 11.8. The summed E-state index contributed by atoms with van der Waals surface area (Å²) in [5.41, 5.74) is -0.232. The molecule has 0 heterocycles. The molecule has 138 valence electrons. The quantitative estimate of drug-likeness (QED) is 0.605. The molecule has 0 aliphatic rings. The number of hydrogen-bond donors (Lipinski definition) is 3. The molecule has 3 N–H and O–H groups in total. The summed E-state index contributed by atoms with van der Waals surface area (Å²) in [5.74, 6) is -1.53. The van der Waals surface area contributed by atoms with Gasteiger partial charge < -0.3 is 15.7 Å². The first-order valence-corrected chi connectivity index (χ1v) is 8.78. The van der Waals surface area contributed by atoms with Crippen molar-refractivity contribution in [2.24, 2.45) is 5.41 Å². The lowest BCUT2D eigenvalue weighted by Gasteiger charge is -2.26. The largest absolute Gasteiger partial charge is 0.481 e. The number of aliphatic carboxylic acids is 1. The molecule has 0 fully saturated rings. The molecule has 0 unspecified atom stereocenters. The highest BCUT2D eigenvalue weighted by molar-refractivity contribution is 6.33. The van der Waals surface area contributed by atoms with E-state index in [0.717, 1.165) is 6.42 Å². The molecule has 1 aromatic carbocycles. The second-order valence-electron chi connectivity index (χ2n) is 6.01. The molecule has 0 aliphatic carbocycles. The summed E-state index contributed by atoms with van der Waals surface area (Å²) in [7, 11) is 0. The summed E-state index contributed by atoms with van der Waals surface area (Å²) in [6.45, 7) is 5.41. The van der Waals surface area contributed by atoms with E-state index in [9.17, 15) is 19.5 Å². The first-order valence-electron chi connectivity index (χ1n) is 8.40. The van der Waals surface area contributed by atoms with Gasteiger partial charge in [0.2, 0.25) is 11.8 Å². The number of carboxylic acids is 1. The topological polar surface area (TPSA) is 95.5 Å². The monoisotopic (exact) mass is 368 g/mol. The molecule has 2 amide bonds. The molecule has 0 saturated heterocycles. The van der Waals surface area contributed by atoms with E-state index in [-0.39, 0.29) is 12.3 Å². The second-order valence-corrected chi connectivity index (χ2v) is 6.42. The summed E-state index contributed by atoms with van der Waals surface area (Å²) in [4.78, 5) is 35.5. The Bertz CT molecular complexity index is 642. The van der Waals surface area contributed by atoms with Gasteiger partial charge in [-0.25, -0.2) is 0 Å². The van der Waals surface area contributed by atoms with Crippen molar-refractivity contribution in [2.45, 2.75) is 52.9 Å². The molecule has 0 aliphatic heterocycles. The highest BCUT2D eigenvalue weighted by atomic mass is 35.5. The van der Waals surface area contributed by atoms with Crippen molar-refractivity contribution in [3.63, 3.8) is 0 Å². The number of amides is 2. The number of halogens is 1. The van der Waals surface area contributed by atoms with Crippen LogP contribution in [-0.2, 0) is 14.4 Å². The van der Waals surface area contributed by atoms with Crippen LogP contribution in [0.5, 0.6) is 0 Å². The fraction of sp³-hybridized carbons (Fsp3) is 0.500. The van der Waals surface area contributed by atoms with E-state index in [0.29, 0.717) is 35.7 Å². The molecule has 0 bridgehead atoms. The third-order valence-corrected chi connectivity index (χ3v) is 4.64. The fourth-order valence-electron chi connectivity index (χ4n) is 2.53. The van der Waals surface area contributed by atoms with E-state index in [4.69, 9.17) is 11.6 Å². The predicted molar refractivity (Wildman–Crippen MR) is 98.9 cm³/mol. The number of carbonyl (C=O) groups is 3. The average Bonchev–Trinajstić information content (AvgIpc) is 2.55. The van der Waals surface area contributed by atoms with Crippen LogP contribution in [0.25, 0.3) is 0 Å². The van der Waals surface area contributed by atoms with Crippen LogP contribution in [0.1, 0.15) is 52.9 Å². The van der Waals surface area contributed by atoms with Gasteiger partial charge in [0, 0.05) is 18.5 Å². The van der Waals surface area contributed by atoms with Crippen LogP contribution in [0.15, 0.2) is 18.2 Å². The molecule has 0 spiro atoms. The summed E-state index contributed by atoms with van der Waals surface area (Å²) in [5, 5.41) is 15.1. The highest BCUT2D eigenvalue weighted by Crippen LogP contribution is 2.32. The SMILES string of the molecule is CCCC(=O)Nc1ccc(Cl)c(NC(=O)CC(CC)(CC)C(=O)O)c1. The van der Waals surface area contributed by atoms with Crippen LogP contribution < -0.4 is 10.6 Å². The Morgan fingerprint density at radius 1 is 1.08 bits per heavy atom. The van der Waals surface area contributed by atoms with Crippen LogP contribution in [0.2, 0.25) is 5.02 Å². The standard InChI is InChI=1S/C18H25ClN2O4/c1-4-7-15(22)20-12-8-9-13(19)14(10-12)21-16(23)11-18(5-2,6-3)17(24)25/h8-10H,4-7,11H2,1-3H3,(H,20,22)(H,21,23)(H,24,25). The van der Waals surface area contributed by atoms with Crippen molar-refractivity contribution in [1.82, 2.24) is 0 Å². The fourth-order valence-corrected chi connectivity index (χ4v) is 2.69. The summed E-state index contributed by atoms with van der Waals surface area (Å²) < 4.78 is 0. The summed E-state index contributed by atoms with van der Waals surface area (Å²) in [6, 6.07) is 4.78. The Labute approximate surface area is 152 Å². The molecular formula is C18H25ClN2O4. The van der Waals surface area contributed by atoms with Crippen LogP contribution in [0, 0.1) is 5.41 Å². The Kier molecular flexibility index (Phi) is 7.90. The normalized spacial score (nSPS) is 11.0. The third-order valence-electron chi connectivity index (χ3n) is 4.31. The second kappa shape index (κ2) is 9.42. The minimum absolute atomic E-state index is 0.121. The van der Waals surface area contributed by atoms with Crippen LogP contribution >= 0.6 is 11.6 Å². The zero-order chi connectivity index (χ0) is 19.0. The maximum atomic E-state index is 12.3. The molecule has 1 aromatic rings. The molecule has 25 heavy (non-hydrogen) atoms. The zero-order valence-electron chi connectivity index (χ0n) is 14.8. The Morgan fingerprint density at radius 2 is 1.72 bits per heavy atom. The maximum Gasteiger partial charge on any atom is 0.310 e. The van der Waals surface area contributed by atoms with E-state index in [1.807, 2.05) is 6.92 Å². The number of carboxylic acid groups (broad SMARTS) is 1. The number of nitrogens with one attached hydrogen (secondary N) is 2. The van der Waals surface area contributed by atoms with E-state index in [1.165, 1.54) is 0 Å². The lowest BCUT2D eigenvalue weighted by molar-refractivity contribution is -0.151. The molecule has 1 rings (SSSR count). The van der Waals surface area contributed by atoms with Gasteiger partial charge in [-0.1, -0.05) is 32.4 Å². The molecule has 0 radical (unpaired) electrons. The molecule has 0 aromatic heterocycles. The van der Waals surface area contributed by atoms with Gasteiger partial charge in [0.15, 0.2) is 0 Å².